The number of ether oxygens (including phenoxy) is 1. The van der Waals surface area contributed by atoms with Crippen molar-refractivity contribution >= 4 is 29.0 Å². The highest BCUT2D eigenvalue weighted by atomic mass is 16.5. The van der Waals surface area contributed by atoms with Crippen LogP contribution < -0.4 is 0 Å². The van der Waals surface area contributed by atoms with E-state index in [-0.39, 0.29) is 11.8 Å². The molecule has 3 heterocycles. The minimum atomic E-state index is -0.951. The van der Waals surface area contributed by atoms with Gasteiger partial charge in [-0.15, -0.1) is 0 Å². The summed E-state index contributed by atoms with van der Waals surface area (Å²) in [6.45, 7) is 0.721. The summed E-state index contributed by atoms with van der Waals surface area (Å²) < 4.78 is 7.75. The molecule has 132 valence electrons. The molecule has 6 nitrogen and oxygen atoms in total. The maximum absolute atomic E-state index is 11.4. The number of pyridine rings is 1. The number of aromatic nitrogens is 3. The highest BCUT2D eigenvalue weighted by Crippen LogP contribution is 2.29. The van der Waals surface area contributed by atoms with E-state index < -0.39 is 5.97 Å². The van der Waals surface area contributed by atoms with Crippen LogP contribution in [0.4, 0.5) is 0 Å². The molecule has 1 aliphatic heterocycles. The summed E-state index contributed by atoms with van der Waals surface area (Å²) in [4.78, 5) is 15.6. The summed E-state index contributed by atoms with van der Waals surface area (Å²) in [5.74, 6) is -0.951. The lowest BCUT2D eigenvalue weighted by Gasteiger charge is -2.23. The summed E-state index contributed by atoms with van der Waals surface area (Å²) in [5, 5.41) is 14.8. The van der Waals surface area contributed by atoms with Crippen LogP contribution in [0.5, 0.6) is 0 Å². The standard InChI is InChI=1S/C20H19N3O3/c24-20(25)14-7-10-18-16(13-14)17(9-8-15-5-1-3-11-21-15)22-23(18)19-6-2-4-12-26-19/h1,3,5,7-11,13,19H,2,4,6,12H2,(H,24,25)/b9-8+. The van der Waals surface area contributed by atoms with E-state index >= 15 is 0 Å². The smallest absolute Gasteiger partial charge is 0.335 e. The molecule has 1 atom stereocenters. The zero-order valence-electron chi connectivity index (χ0n) is 14.2. The van der Waals surface area contributed by atoms with Gasteiger partial charge in [-0.1, -0.05) is 6.07 Å². The van der Waals surface area contributed by atoms with Crippen LogP contribution >= 0.6 is 0 Å². The molecule has 1 N–H and O–H groups in total. The first kappa shape index (κ1) is 16.5. The Bertz CT molecular complexity index is 957. The summed E-state index contributed by atoms with van der Waals surface area (Å²) in [7, 11) is 0. The van der Waals surface area contributed by atoms with E-state index in [2.05, 4.69) is 4.98 Å². The Hall–Kier alpha value is -2.99. The maximum atomic E-state index is 11.4. The molecular formula is C20H19N3O3. The van der Waals surface area contributed by atoms with Gasteiger partial charge >= 0.3 is 5.97 Å². The summed E-state index contributed by atoms with van der Waals surface area (Å²) >= 11 is 0. The summed E-state index contributed by atoms with van der Waals surface area (Å²) in [6.07, 6.45) is 8.43. The molecule has 0 spiro atoms. The number of fused-ring (bicyclic) bond motifs is 1. The zero-order chi connectivity index (χ0) is 17.9. The van der Waals surface area contributed by atoms with Crippen LogP contribution in [0.3, 0.4) is 0 Å². The number of aromatic carboxylic acids is 1. The average molecular weight is 349 g/mol. The molecule has 1 saturated heterocycles. The van der Waals surface area contributed by atoms with E-state index in [1.54, 1.807) is 18.3 Å². The Balaban J connectivity index is 1.80. The second-order valence-corrected chi connectivity index (χ2v) is 6.28. The van der Waals surface area contributed by atoms with E-state index in [1.165, 1.54) is 0 Å². The normalized spacial score (nSPS) is 17.8. The Labute approximate surface area is 150 Å². The molecular weight excluding hydrogens is 330 g/mol. The minimum absolute atomic E-state index is 0.112. The van der Waals surface area contributed by atoms with Crippen LogP contribution in [0.1, 0.15) is 47.2 Å². The average Bonchev–Trinajstić information content (AvgIpc) is 3.06. The number of carboxylic acid groups (broad SMARTS) is 1. The van der Waals surface area contributed by atoms with Gasteiger partial charge < -0.3 is 9.84 Å². The Morgan fingerprint density at radius 2 is 2.15 bits per heavy atom. The highest BCUT2D eigenvalue weighted by Gasteiger charge is 2.21. The summed E-state index contributed by atoms with van der Waals surface area (Å²) in [6, 6.07) is 10.8. The predicted octanol–water partition coefficient (Wildman–Crippen LogP) is 4.00. The number of nitrogens with zero attached hydrogens (tertiary/aromatic N) is 3. The molecule has 0 aliphatic carbocycles. The number of carbonyl (C=O) groups is 1. The van der Waals surface area contributed by atoms with Gasteiger partial charge in [0.05, 0.1) is 22.5 Å². The van der Waals surface area contributed by atoms with Crippen LogP contribution in [0.25, 0.3) is 23.1 Å². The van der Waals surface area contributed by atoms with E-state index in [0.717, 1.165) is 42.5 Å². The van der Waals surface area contributed by atoms with Crippen molar-refractivity contribution in [2.75, 3.05) is 6.61 Å². The van der Waals surface area contributed by atoms with Crippen molar-refractivity contribution in [3.8, 4) is 0 Å². The number of rotatable bonds is 4. The van der Waals surface area contributed by atoms with Crippen LogP contribution in [0.2, 0.25) is 0 Å². The summed E-state index contributed by atoms with van der Waals surface area (Å²) in [5.41, 5.74) is 2.65. The SMILES string of the molecule is O=C(O)c1ccc2c(c1)c(/C=C/c1ccccn1)nn2C1CCCCO1. The first-order valence-electron chi connectivity index (χ1n) is 8.68. The molecule has 26 heavy (non-hydrogen) atoms. The third-order valence-electron chi connectivity index (χ3n) is 4.51. The van der Waals surface area contributed by atoms with Crippen molar-refractivity contribution < 1.29 is 14.6 Å². The molecule has 1 fully saturated rings. The molecule has 0 amide bonds. The van der Waals surface area contributed by atoms with Gasteiger partial charge in [0, 0.05) is 18.2 Å². The van der Waals surface area contributed by atoms with Gasteiger partial charge in [0.25, 0.3) is 0 Å². The van der Waals surface area contributed by atoms with Crippen molar-refractivity contribution in [1.29, 1.82) is 0 Å². The molecule has 1 aromatic carbocycles. The van der Waals surface area contributed by atoms with Gasteiger partial charge in [0.15, 0.2) is 6.23 Å². The van der Waals surface area contributed by atoms with Gasteiger partial charge in [-0.3, -0.25) is 4.98 Å². The third-order valence-corrected chi connectivity index (χ3v) is 4.51. The van der Waals surface area contributed by atoms with Gasteiger partial charge in [0.2, 0.25) is 0 Å². The van der Waals surface area contributed by atoms with E-state index in [9.17, 15) is 9.90 Å². The van der Waals surface area contributed by atoms with Crippen molar-refractivity contribution in [3.05, 3.63) is 59.5 Å². The molecule has 3 aromatic rings. The monoisotopic (exact) mass is 349 g/mol. The quantitative estimate of drug-likeness (QED) is 0.770. The van der Waals surface area contributed by atoms with Crippen LogP contribution in [0, 0.1) is 0 Å². The number of carboxylic acids is 1. The molecule has 2 aromatic heterocycles. The van der Waals surface area contributed by atoms with Crippen LogP contribution in [-0.4, -0.2) is 32.4 Å². The van der Waals surface area contributed by atoms with Crippen molar-refractivity contribution in [1.82, 2.24) is 14.8 Å². The first-order valence-corrected chi connectivity index (χ1v) is 8.68. The van der Waals surface area contributed by atoms with E-state index in [0.29, 0.717) is 5.69 Å². The zero-order valence-corrected chi connectivity index (χ0v) is 14.2. The van der Waals surface area contributed by atoms with Crippen LogP contribution in [-0.2, 0) is 4.74 Å². The van der Waals surface area contributed by atoms with Crippen LogP contribution in [0.15, 0.2) is 42.6 Å². The van der Waals surface area contributed by atoms with Crippen molar-refractivity contribution in [2.45, 2.75) is 25.5 Å². The lowest BCUT2D eigenvalue weighted by molar-refractivity contribution is -0.0367. The number of hydrogen-bond acceptors (Lipinski definition) is 4. The molecule has 0 saturated carbocycles. The first-order chi connectivity index (χ1) is 12.7. The van der Waals surface area contributed by atoms with Crippen molar-refractivity contribution in [2.24, 2.45) is 0 Å². The second-order valence-electron chi connectivity index (χ2n) is 6.28. The highest BCUT2D eigenvalue weighted by molar-refractivity contribution is 5.97. The van der Waals surface area contributed by atoms with Crippen molar-refractivity contribution in [3.63, 3.8) is 0 Å². The molecule has 0 bridgehead atoms. The maximum Gasteiger partial charge on any atom is 0.335 e. The fourth-order valence-corrected chi connectivity index (χ4v) is 3.20. The number of benzene rings is 1. The van der Waals surface area contributed by atoms with E-state index in [1.807, 2.05) is 41.1 Å². The molecule has 6 heteroatoms. The van der Waals surface area contributed by atoms with Gasteiger partial charge in [-0.05, 0) is 61.7 Å². The predicted molar refractivity (Wildman–Crippen MR) is 98.7 cm³/mol. The lowest BCUT2D eigenvalue weighted by atomic mass is 10.1. The molecule has 1 unspecified atom stereocenters. The van der Waals surface area contributed by atoms with Gasteiger partial charge in [0.1, 0.15) is 0 Å². The van der Waals surface area contributed by atoms with E-state index in [4.69, 9.17) is 9.84 Å². The minimum Gasteiger partial charge on any atom is -0.478 e. The van der Waals surface area contributed by atoms with Gasteiger partial charge in [-0.25, -0.2) is 9.48 Å². The number of hydrogen-bond donors (Lipinski definition) is 1. The molecule has 0 radical (unpaired) electrons. The lowest BCUT2D eigenvalue weighted by Crippen LogP contribution is -2.19. The third kappa shape index (κ3) is 3.23. The topological polar surface area (TPSA) is 77.2 Å². The Morgan fingerprint density at radius 1 is 1.23 bits per heavy atom. The largest absolute Gasteiger partial charge is 0.478 e. The Morgan fingerprint density at radius 3 is 2.88 bits per heavy atom. The second kappa shape index (κ2) is 7.09. The molecule has 4 rings (SSSR count). The van der Waals surface area contributed by atoms with Gasteiger partial charge in [-0.2, -0.15) is 5.10 Å². The molecule has 1 aliphatic rings. The Kier molecular flexibility index (Phi) is 4.50. The fraction of sp³-hybridized carbons (Fsp3) is 0.250. The fourth-order valence-electron chi connectivity index (χ4n) is 3.20.